The van der Waals surface area contributed by atoms with E-state index in [2.05, 4.69) is 10.6 Å². The second-order valence-corrected chi connectivity index (χ2v) is 7.33. The number of hydrogen-bond acceptors (Lipinski definition) is 6. The molecule has 1 aromatic heterocycles. The topological polar surface area (TPSA) is 122 Å². The summed E-state index contributed by atoms with van der Waals surface area (Å²) in [5.74, 6) is -3.24. The molecule has 1 heterocycles. The van der Waals surface area contributed by atoms with Crippen LogP contribution in [0.3, 0.4) is 0 Å². The monoisotopic (exact) mass is 436 g/mol. The van der Waals surface area contributed by atoms with Crippen LogP contribution in [0.25, 0.3) is 0 Å². The number of nitrogens with one attached hydrogen (secondary N) is 2. The normalized spacial score (nSPS) is 12.4. The summed E-state index contributed by atoms with van der Waals surface area (Å²) in [6.45, 7) is -1.43. The van der Waals surface area contributed by atoms with Crippen molar-refractivity contribution in [3.05, 3.63) is 58.3 Å². The van der Waals surface area contributed by atoms with Crippen LogP contribution in [-0.4, -0.2) is 47.6 Å². The van der Waals surface area contributed by atoms with Gasteiger partial charge in [-0.2, -0.15) is 0 Å². The summed E-state index contributed by atoms with van der Waals surface area (Å²) >= 11 is 1.35. The van der Waals surface area contributed by atoms with Gasteiger partial charge < -0.3 is 20.5 Å². The number of thiophene rings is 1. The molecule has 8 nitrogen and oxygen atoms in total. The Morgan fingerprint density at radius 2 is 1.77 bits per heavy atom. The number of carboxylic acid groups (broad SMARTS) is 1. The molecule has 0 aliphatic heterocycles. The van der Waals surface area contributed by atoms with Crippen molar-refractivity contribution in [3.8, 4) is 0 Å². The molecule has 0 spiro atoms. The Bertz CT molecular complexity index is 859. The highest BCUT2D eigenvalue weighted by Crippen LogP contribution is 2.12. The number of carbonyl (C=O) groups excluding carboxylic acids is 3. The highest BCUT2D eigenvalue weighted by atomic mass is 32.1. The standard InChI is InChI=1S/C20H21FN2O6S/c21-11-17(24)15(10-18(25)26)22-19(27)16(9-14-7-4-8-30-14)23-20(28)29-12-13-5-2-1-3-6-13/h1-8,15-16H,9-12H2,(H,22,27)(H,23,28)(H,25,26)/t15?,16-/m0/s1. The molecule has 1 unspecified atom stereocenters. The van der Waals surface area contributed by atoms with Crippen molar-refractivity contribution >= 4 is 35.1 Å². The molecular formula is C20H21FN2O6S. The fourth-order valence-electron chi connectivity index (χ4n) is 2.53. The molecule has 160 valence electrons. The van der Waals surface area contributed by atoms with Gasteiger partial charge in [-0.25, -0.2) is 9.18 Å². The Morgan fingerprint density at radius 3 is 2.37 bits per heavy atom. The number of alkyl carbamates (subject to hydrolysis) is 1. The second-order valence-electron chi connectivity index (χ2n) is 6.30. The van der Waals surface area contributed by atoms with E-state index < -0.39 is 48.9 Å². The summed E-state index contributed by atoms with van der Waals surface area (Å²) in [5, 5.41) is 15.3. The van der Waals surface area contributed by atoms with Crippen LogP contribution in [0.15, 0.2) is 47.8 Å². The highest BCUT2D eigenvalue weighted by Gasteiger charge is 2.29. The van der Waals surface area contributed by atoms with Gasteiger partial charge in [0.15, 0.2) is 5.78 Å². The highest BCUT2D eigenvalue weighted by molar-refractivity contribution is 7.09. The third kappa shape index (κ3) is 7.63. The van der Waals surface area contributed by atoms with Gasteiger partial charge in [0, 0.05) is 11.3 Å². The maximum atomic E-state index is 12.7. The Labute approximate surface area is 176 Å². The number of hydrogen-bond donors (Lipinski definition) is 3. The third-order valence-electron chi connectivity index (χ3n) is 4.02. The molecule has 2 amide bonds. The first-order valence-electron chi connectivity index (χ1n) is 8.99. The third-order valence-corrected chi connectivity index (χ3v) is 4.92. The lowest BCUT2D eigenvalue weighted by atomic mass is 10.1. The number of ketones is 1. The summed E-state index contributed by atoms with van der Waals surface area (Å²) in [6, 6.07) is 9.76. The molecule has 0 bridgehead atoms. The van der Waals surface area contributed by atoms with Crippen molar-refractivity contribution in [2.75, 3.05) is 6.67 Å². The van der Waals surface area contributed by atoms with E-state index in [1.54, 1.807) is 41.8 Å². The summed E-state index contributed by atoms with van der Waals surface area (Å²) in [5.41, 5.74) is 0.752. The zero-order valence-electron chi connectivity index (χ0n) is 15.9. The first kappa shape index (κ1) is 23.0. The number of ether oxygens (including phenoxy) is 1. The van der Waals surface area contributed by atoms with Gasteiger partial charge in [0.25, 0.3) is 0 Å². The number of Topliss-reactive ketones (excluding diaryl/α,β-unsaturated/α-hetero) is 1. The summed E-state index contributed by atoms with van der Waals surface area (Å²) in [7, 11) is 0. The molecular weight excluding hydrogens is 415 g/mol. The van der Waals surface area contributed by atoms with Gasteiger partial charge in [0.2, 0.25) is 5.91 Å². The average molecular weight is 436 g/mol. The van der Waals surface area contributed by atoms with Crippen molar-refractivity contribution in [1.82, 2.24) is 10.6 Å². The molecule has 2 aromatic rings. The number of halogens is 1. The van der Waals surface area contributed by atoms with E-state index in [4.69, 9.17) is 9.84 Å². The number of carboxylic acids is 1. The lowest BCUT2D eigenvalue weighted by molar-refractivity contribution is -0.140. The predicted octanol–water partition coefficient (Wildman–Crippen LogP) is 2.08. The lowest BCUT2D eigenvalue weighted by Gasteiger charge is -2.21. The van der Waals surface area contributed by atoms with Crippen molar-refractivity contribution < 1.29 is 33.4 Å². The molecule has 0 aliphatic carbocycles. The Kier molecular flexibility index (Phi) is 8.95. The zero-order chi connectivity index (χ0) is 21.9. The molecule has 10 heteroatoms. The van der Waals surface area contributed by atoms with Crippen LogP contribution >= 0.6 is 11.3 Å². The van der Waals surface area contributed by atoms with Gasteiger partial charge in [-0.15, -0.1) is 11.3 Å². The molecule has 0 saturated heterocycles. The molecule has 0 saturated carbocycles. The molecule has 1 aromatic carbocycles. The Balaban J connectivity index is 2.05. The smallest absolute Gasteiger partial charge is 0.408 e. The number of benzene rings is 1. The van der Waals surface area contributed by atoms with Gasteiger partial charge in [-0.1, -0.05) is 36.4 Å². The minimum absolute atomic E-state index is 0.0119. The van der Waals surface area contributed by atoms with E-state index in [1.165, 1.54) is 11.3 Å². The zero-order valence-corrected chi connectivity index (χ0v) is 16.7. The van der Waals surface area contributed by atoms with Crippen LogP contribution in [0, 0.1) is 0 Å². The van der Waals surface area contributed by atoms with Crippen LogP contribution < -0.4 is 10.6 Å². The van der Waals surface area contributed by atoms with Crippen LogP contribution in [-0.2, 0) is 32.1 Å². The number of carbonyl (C=O) groups is 4. The maximum Gasteiger partial charge on any atom is 0.408 e. The minimum Gasteiger partial charge on any atom is -0.481 e. The molecule has 3 N–H and O–H groups in total. The molecule has 2 rings (SSSR count). The van der Waals surface area contributed by atoms with E-state index in [1.807, 2.05) is 6.07 Å². The van der Waals surface area contributed by atoms with E-state index in [-0.39, 0.29) is 13.0 Å². The fraction of sp³-hybridized carbons (Fsp3) is 0.300. The Hall–Kier alpha value is -3.27. The van der Waals surface area contributed by atoms with Crippen LogP contribution in [0.2, 0.25) is 0 Å². The van der Waals surface area contributed by atoms with Crippen LogP contribution in [0.1, 0.15) is 16.9 Å². The van der Waals surface area contributed by atoms with Gasteiger partial charge in [0.1, 0.15) is 25.4 Å². The van der Waals surface area contributed by atoms with Crippen molar-refractivity contribution in [1.29, 1.82) is 0 Å². The first-order chi connectivity index (χ1) is 14.4. The van der Waals surface area contributed by atoms with Gasteiger partial charge >= 0.3 is 12.1 Å². The summed E-state index contributed by atoms with van der Waals surface area (Å²) in [6.07, 6.45) is -1.53. The number of rotatable bonds is 11. The summed E-state index contributed by atoms with van der Waals surface area (Å²) in [4.78, 5) is 48.2. The fourth-order valence-corrected chi connectivity index (χ4v) is 3.28. The molecule has 0 fully saturated rings. The minimum atomic E-state index is -1.53. The van der Waals surface area contributed by atoms with E-state index >= 15 is 0 Å². The second kappa shape index (κ2) is 11.7. The maximum absolute atomic E-state index is 12.7. The molecule has 0 radical (unpaired) electrons. The largest absolute Gasteiger partial charge is 0.481 e. The molecule has 30 heavy (non-hydrogen) atoms. The van der Waals surface area contributed by atoms with Gasteiger partial charge in [-0.05, 0) is 17.0 Å². The number of amides is 2. The Morgan fingerprint density at radius 1 is 1.03 bits per heavy atom. The van der Waals surface area contributed by atoms with Crippen LogP contribution in [0.4, 0.5) is 9.18 Å². The van der Waals surface area contributed by atoms with Crippen molar-refractivity contribution in [3.63, 3.8) is 0 Å². The van der Waals surface area contributed by atoms with Crippen molar-refractivity contribution in [2.24, 2.45) is 0 Å². The SMILES string of the molecule is O=C(O)CC(NC(=O)[C@H](Cc1cccs1)NC(=O)OCc1ccccc1)C(=O)CF. The number of alkyl halides is 1. The molecule has 2 atom stereocenters. The van der Waals surface area contributed by atoms with Gasteiger partial charge in [-0.3, -0.25) is 14.4 Å². The van der Waals surface area contributed by atoms with Gasteiger partial charge in [0.05, 0.1) is 6.42 Å². The lowest BCUT2D eigenvalue weighted by Crippen LogP contribution is -2.53. The average Bonchev–Trinajstić information content (AvgIpc) is 3.24. The number of aliphatic carboxylic acids is 1. The molecule has 0 aliphatic rings. The van der Waals surface area contributed by atoms with E-state index in [0.717, 1.165) is 10.4 Å². The predicted molar refractivity (Wildman–Crippen MR) is 107 cm³/mol. The quantitative estimate of drug-likeness (QED) is 0.496. The first-order valence-corrected chi connectivity index (χ1v) is 9.87. The van der Waals surface area contributed by atoms with E-state index in [9.17, 15) is 23.6 Å². The van der Waals surface area contributed by atoms with E-state index in [0.29, 0.717) is 0 Å². The summed E-state index contributed by atoms with van der Waals surface area (Å²) < 4.78 is 17.9. The van der Waals surface area contributed by atoms with Crippen LogP contribution in [0.5, 0.6) is 0 Å². The van der Waals surface area contributed by atoms with Crippen molar-refractivity contribution in [2.45, 2.75) is 31.5 Å².